The summed E-state index contributed by atoms with van der Waals surface area (Å²) >= 11 is 0. The fraction of sp³-hybridized carbons (Fsp3) is 0.389. The Morgan fingerprint density at radius 2 is 2.00 bits per heavy atom. The molecule has 2 aromatic rings. The van der Waals surface area contributed by atoms with E-state index in [0.29, 0.717) is 29.1 Å². The number of amides is 2. The summed E-state index contributed by atoms with van der Waals surface area (Å²) < 4.78 is 7.09. The number of hydrogen-bond donors (Lipinski definition) is 2. The first-order valence-electron chi connectivity index (χ1n) is 8.27. The molecule has 0 unspecified atom stereocenters. The average molecular weight is 344 g/mol. The van der Waals surface area contributed by atoms with Crippen molar-refractivity contribution >= 4 is 17.5 Å². The molecule has 2 amide bonds. The van der Waals surface area contributed by atoms with E-state index in [9.17, 15) is 9.59 Å². The molecule has 25 heavy (non-hydrogen) atoms. The molecule has 0 spiro atoms. The van der Waals surface area contributed by atoms with Crippen LogP contribution in [-0.4, -0.2) is 27.7 Å². The molecule has 7 heteroatoms. The topological polar surface area (TPSA) is 99.2 Å². The maximum Gasteiger partial charge on any atom is 0.269 e. The highest BCUT2D eigenvalue weighted by atomic mass is 16.5. The van der Waals surface area contributed by atoms with Crippen LogP contribution in [0.15, 0.2) is 24.3 Å². The van der Waals surface area contributed by atoms with Gasteiger partial charge in [0.15, 0.2) is 0 Å². The molecule has 0 radical (unpaired) electrons. The number of nitrogens with zero attached hydrogens (tertiary/aromatic N) is 2. The van der Waals surface area contributed by atoms with Gasteiger partial charge >= 0.3 is 0 Å². The lowest BCUT2D eigenvalue weighted by Gasteiger charge is -2.14. The lowest BCUT2D eigenvalue weighted by atomic mass is 10.1. The number of carbonyl (C=O) groups is 2. The van der Waals surface area contributed by atoms with Crippen molar-refractivity contribution in [2.45, 2.75) is 39.7 Å². The second kappa shape index (κ2) is 7.83. The molecular weight excluding hydrogens is 320 g/mol. The molecular formula is C18H24N4O3. The highest BCUT2D eigenvalue weighted by Gasteiger charge is 2.23. The number of benzene rings is 1. The van der Waals surface area contributed by atoms with Crippen molar-refractivity contribution in [2.24, 2.45) is 12.8 Å². The van der Waals surface area contributed by atoms with Crippen LogP contribution in [-0.2, 0) is 13.5 Å². The van der Waals surface area contributed by atoms with Crippen LogP contribution < -0.4 is 15.8 Å². The smallest absolute Gasteiger partial charge is 0.269 e. The third-order valence-corrected chi connectivity index (χ3v) is 3.57. The predicted octanol–water partition coefficient (Wildman–Crippen LogP) is 2.51. The minimum atomic E-state index is -0.639. The van der Waals surface area contributed by atoms with Crippen molar-refractivity contribution in [3.63, 3.8) is 0 Å². The molecule has 7 nitrogen and oxygen atoms in total. The third kappa shape index (κ3) is 4.17. The van der Waals surface area contributed by atoms with Crippen LogP contribution >= 0.6 is 0 Å². The number of aryl methyl sites for hydroxylation is 2. The van der Waals surface area contributed by atoms with Crippen molar-refractivity contribution in [1.82, 2.24) is 9.78 Å². The fourth-order valence-corrected chi connectivity index (χ4v) is 2.60. The Hall–Kier alpha value is -2.83. The van der Waals surface area contributed by atoms with E-state index in [1.165, 1.54) is 4.68 Å². The quantitative estimate of drug-likeness (QED) is 0.806. The standard InChI is InChI=1S/C18H24N4O3/c1-5-8-13-15(16(17(19)23)22(4)21-13)20-18(24)12-9-6-7-10-14(12)25-11(2)3/h6-7,9-11H,5,8H2,1-4H3,(H2,19,23)(H,20,24). The van der Waals surface area contributed by atoms with Gasteiger partial charge in [-0.15, -0.1) is 0 Å². The molecule has 2 rings (SSSR count). The van der Waals surface area contributed by atoms with Gasteiger partial charge in [0.1, 0.15) is 11.4 Å². The van der Waals surface area contributed by atoms with Crippen LogP contribution in [0.5, 0.6) is 5.75 Å². The fourth-order valence-electron chi connectivity index (χ4n) is 2.60. The van der Waals surface area contributed by atoms with Crippen molar-refractivity contribution in [3.8, 4) is 5.75 Å². The van der Waals surface area contributed by atoms with Gasteiger partial charge in [0.05, 0.1) is 23.0 Å². The Balaban J connectivity index is 2.40. The van der Waals surface area contributed by atoms with Gasteiger partial charge in [0, 0.05) is 7.05 Å². The maximum atomic E-state index is 12.8. The van der Waals surface area contributed by atoms with Crippen LogP contribution in [0.1, 0.15) is 53.7 Å². The van der Waals surface area contributed by atoms with Gasteiger partial charge in [-0.2, -0.15) is 5.10 Å². The zero-order valence-electron chi connectivity index (χ0n) is 15.0. The molecule has 3 N–H and O–H groups in total. The van der Waals surface area contributed by atoms with Gasteiger partial charge in [-0.1, -0.05) is 25.5 Å². The van der Waals surface area contributed by atoms with Crippen molar-refractivity contribution in [3.05, 3.63) is 41.2 Å². The van der Waals surface area contributed by atoms with E-state index in [-0.39, 0.29) is 17.7 Å². The lowest BCUT2D eigenvalue weighted by Crippen LogP contribution is -2.21. The Labute approximate surface area is 147 Å². The maximum absolute atomic E-state index is 12.8. The van der Waals surface area contributed by atoms with Gasteiger partial charge in [-0.05, 0) is 32.4 Å². The summed E-state index contributed by atoms with van der Waals surface area (Å²) in [4.78, 5) is 24.6. The highest BCUT2D eigenvalue weighted by Crippen LogP contribution is 2.25. The number of rotatable bonds is 7. The minimum absolute atomic E-state index is 0.0656. The van der Waals surface area contributed by atoms with E-state index in [1.54, 1.807) is 31.3 Å². The Bertz CT molecular complexity index is 781. The van der Waals surface area contributed by atoms with Gasteiger partial charge < -0.3 is 15.8 Å². The molecule has 0 saturated carbocycles. The Kier molecular flexibility index (Phi) is 5.80. The lowest BCUT2D eigenvalue weighted by molar-refractivity contribution is 0.0992. The van der Waals surface area contributed by atoms with Gasteiger partial charge in [0.25, 0.3) is 11.8 Å². The summed E-state index contributed by atoms with van der Waals surface area (Å²) in [5, 5.41) is 7.10. The number of anilines is 1. The SMILES string of the molecule is CCCc1nn(C)c(C(N)=O)c1NC(=O)c1ccccc1OC(C)C. The van der Waals surface area contributed by atoms with Crippen LogP contribution in [0.2, 0.25) is 0 Å². The number of nitrogens with two attached hydrogens (primary N) is 1. The number of ether oxygens (including phenoxy) is 1. The number of nitrogens with one attached hydrogen (secondary N) is 1. The van der Waals surface area contributed by atoms with E-state index in [4.69, 9.17) is 10.5 Å². The van der Waals surface area contributed by atoms with E-state index in [0.717, 1.165) is 6.42 Å². The van der Waals surface area contributed by atoms with Crippen molar-refractivity contribution in [1.29, 1.82) is 0 Å². The summed E-state index contributed by atoms with van der Waals surface area (Å²) in [7, 11) is 1.63. The van der Waals surface area contributed by atoms with Gasteiger partial charge in [0.2, 0.25) is 0 Å². The van der Waals surface area contributed by atoms with Crippen LogP contribution in [0.3, 0.4) is 0 Å². The largest absolute Gasteiger partial charge is 0.490 e. The average Bonchev–Trinajstić information content (AvgIpc) is 2.83. The molecule has 134 valence electrons. The summed E-state index contributed by atoms with van der Waals surface area (Å²) in [6, 6.07) is 6.97. The van der Waals surface area contributed by atoms with E-state index >= 15 is 0 Å². The van der Waals surface area contributed by atoms with Crippen molar-refractivity contribution < 1.29 is 14.3 Å². The molecule has 0 aliphatic carbocycles. The number of aromatic nitrogens is 2. The van der Waals surface area contributed by atoms with Crippen LogP contribution in [0.25, 0.3) is 0 Å². The molecule has 1 aromatic carbocycles. The number of para-hydroxylation sites is 1. The first kappa shape index (κ1) is 18.5. The summed E-state index contributed by atoms with van der Waals surface area (Å²) in [5.41, 5.74) is 7.02. The first-order valence-corrected chi connectivity index (χ1v) is 8.27. The molecule has 1 heterocycles. The highest BCUT2D eigenvalue weighted by molar-refractivity contribution is 6.09. The van der Waals surface area contributed by atoms with Crippen molar-refractivity contribution in [2.75, 3.05) is 5.32 Å². The Morgan fingerprint density at radius 3 is 2.60 bits per heavy atom. The molecule has 0 aliphatic rings. The van der Waals surface area contributed by atoms with E-state index in [2.05, 4.69) is 10.4 Å². The summed E-state index contributed by atoms with van der Waals surface area (Å²) in [6.07, 6.45) is 1.38. The normalized spacial score (nSPS) is 10.8. The molecule has 0 bridgehead atoms. The van der Waals surface area contributed by atoms with E-state index in [1.807, 2.05) is 20.8 Å². The molecule has 0 atom stereocenters. The Morgan fingerprint density at radius 1 is 1.32 bits per heavy atom. The number of primary amides is 1. The summed E-state index contributed by atoms with van der Waals surface area (Å²) in [5.74, 6) is -0.528. The first-order chi connectivity index (χ1) is 11.8. The van der Waals surface area contributed by atoms with E-state index < -0.39 is 5.91 Å². The molecule has 0 saturated heterocycles. The second-order valence-electron chi connectivity index (χ2n) is 6.03. The molecule has 1 aromatic heterocycles. The second-order valence-corrected chi connectivity index (χ2v) is 6.03. The zero-order chi connectivity index (χ0) is 18.6. The molecule has 0 aliphatic heterocycles. The van der Waals surface area contributed by atoms with Crippen LogP contribution in [0, 0.1) is 0 Å². The van der Waals surface area contributed by atoms with Gasteiger partial charge in [-0.25, -0.2) is 0 Å². The van der Waals surface area contributed by atoms with Gasteiger partial charge in [-0.3, -0.25) is 14.3 Å². The third-order valence-electron chi connectivity index (χ3n) is 3.57. The number of hydrogen-bond acceptors (Lipinski definition) is 4. The number of carbonyl (C=O) groups excluding carboxylic acids is 2. The van der Waals surface area contributed by atoms with Crippen LogP contribution in [0.4, 0.5) is 5.69 Å². The zero-order valence-corrected chi connectivity index (χ0v) is 15.0. The minimum Gasteiger partial charge on any atom is -0.490 e. The monoisotopic (exact) mass is 344 g/mol. The molecule has 0 fully saturated rings. The summed E-state index contributed by atoms with van der Waals surface area (Å²) in [6.45, 7) is 5.77. The predicted molar refractivity (Wildman–Crippen MR) is 95.9 cm³/mol.